The SMILES string of the molecule is Cn1nc(-c2cc(Cl)c(O)cc2C(F)(F)F)cc1N. The minimum atomic E-state index is -4.64. The summed E-state index contributed by atoms with van der Waals surface area (Å²) < 4.78 is 40.0. The van der Waals surface area contributed by atoms with E-state index in [0.717, 1.165) is 6.07 Å². The molecular formula is C11H9ClF3N3O. The highest BCUT2D eigenvalue weighted by Gasteiger charge is 2.35. The molecule has 0 radical (unpaired) electrons. The molecule has 0 saturated carbocycles. The number of aromatic nitrogens is 2. The summed E-state index contributed by atoms with van der Waals surface area (Å²) in [6.07, 6.45) is -4.64. The van der Waals surface area contributed by atoms with Crippen LogP contribution in [0.2, 0.25) is 5.02 Å². The maximum absolute atomic E-state index is 12.9. The molecule has 1 aromatic heterocycles. The van der Waals surface area contributed by atoms with Crippen LogP contribution in [0.15, 0.2) is 18.2 Å². The minimum absolute atomic E-state index is 0.0363. The molecule has 102 valence electrons. The van der Waals surface area contributed by atoms with Gasteiger partial charge in [0.25, 0.3) is 0 Å². The first-order valence-corrected chi connectivity index (χ1v) is 5.47. The number of hydrogen-bond donors (Lipinski definition) is 2. The van der Waals surface area contributed by atoms with Crippen molar-refractivity contribution in [1.82, 2.24) is 9.78 Å². The number of nitrogens with zero attached hydrogens (tertiary/aromatic N) is 2. The molecule has 0 bridgehead atoms. The molecule has 0 amide bonds. The summed E-state index contributed by atoms with van der Waals surface area (Å²) in [7, 11) is 1.51. The highest BCUT2D eigenvalue weighted by atomic mass is 35.5. The van der Waals surface area contributed by atoms with Crippen LogP contribution in [0.4, 0.5) is 19.0 Å². The van der Waals surface area contributed by atoms with Gasteiger partial charge in [0.05, 0.1) is 16.3 Å². The summed E-state index contributed by atoms with van der Waals surface area (Å²) in [6, 6.07) is 2.89. The van der Waals surface area contributed by atoms with E-state index in [2.05, 4.69) is 5.10 Å². The van der Waals surface area contributed by atoms with Crippen LogP contribution in [0.5, 0.6) is 5.75 Å². The number of anilines is 1. The van der Waals surface area contributed by atoms with Crippen LogP contribution in [-0.2, 0) is 13.2 Å². The summed E-state index contributed by atoms with van der Waals surface area (Å²) in [4.78, 5) is 0. The van der Waals surface area contributed by atoms with Gasteiger partial charge in [0.15, 0.2) is 0 Å². The number of hydrogen-bond acceptors (Lipinski definition) is 3. The van der Waals surface area contributed by atoms with Crippen molar-refractivity contribution in [2.24, 2.45) is 7.05 Å². The van der Waals surface area contributed by atoms with Crippen LogP contribution in [0.1, 0.15) is 5.56 Å². The van der Waals surface area contributed by atoms with E-state index in [4.69, 9.17) is 17.3 Å². The molecule has 0 unspecified atom stereocenters. The Labute approximate surface area is 111 Å². The first kappa shape index (κ1) is 13.5. The predicted octanol–water partition coefficient (Wildman–Crippen LogP) is 3.05. The van der Waals surface area contributed by atoms with E-state index < -0.39 is 17.5 Å². The molecule has 19 heavy (non-hydrogen) atoms. The lowest BCUT2D eigenvalue weighted by Gasteiger charge is -2.12. The first-order chi connectivity index (χ1) is 8.70. The molecule has 8 heteroatoms. The van der Waals surface area contributed by atoms with Crippen LogP contribution in [0.25, 0.3) is 11.3 Å². The number of aromatic hydroxyl groups is 1. The second-order valence-electron chi connectivity index (χ2n) is 3.93. The molecule has 0 spiro atoms. The molecule has 1 aromatic carbocycles. The summed E-state index contributed by atoms with van der Waals surface area (Å²) in [6.45, 7) is 0. The lowest BCUT2D eigenvalue weighted by atomic mass is 10.0. The average molecular weight is 292 g/mol. The van der Waals surface area contributed by atoms with Crippen LogP contribution in [-0.4, -0.2) is 14.9 Å². The van der Waals surface area contributed by atoms with Gasteiger partial charge in [-0.2, -0.15) is 18.3 Å². The van der Waals surface area contributed by atoms with Crippen LogP contribution >= 0.6 is 11.6 Å². The van der Waals surface area contributed by atoms with Gasteiger partial charge in [-0.3, -0.25) is 4.68 Å². The van der Waals surface area contributed by atoms with Crippen molar-refractivity contribution in [3.63, 3.8) is 0 Å². The fourth-order valence-corrected chi connectivity index (χ4v) is 1.79. The molecule has 0 aliphatic rings. The number of aryl methyl sites for hydroxylation is 1. The molecule has 0 atom stereocenters. The Bertz CT molecular complexity index is 617. The Morgan fingerprint density at radius 3 is 2.42 bits per heavy atom. The fraction of sp³-hybridized carbons (Fsp3) is 0.182. The van der Waals surface area contributed by atoms with E-state index >= 15 is 0 Å². The third-order valence-corrected chi connectivity index (χ3v) is 2.89. The number of nitrogens with two attached hydrogens (primary N) is 1. The number of benzene rings is 1. The van der Waals surface area contributed by atoms with Crippen molar-refractivity contribution in [1.29, 1.82) is 0 Å². The molecule has 0 fully saturated rings. The molecule has 0 saturated heterocycles. The Hall–Kier alpha value is -1.89. The molecule has 2 aromatic rings. The topological polar surface area (TPSA) is 64.1 Å². The van der Waals surface area contributed by atoms with Gasteiger partial charge in [-0.05, 0) is 12.1 Å². The third-order valence-electron chi connectivity index (χ3n) is 2.58. The Kier molecular flexibility index (Phi) is 3.09. The maximum atomic E-state index is 12.9. The molecule has 0 aliphatic heterocycles. The zero-order valence-electron chi connectivity index (χ0n) is 9.66. The number of phenols is 1. The zero-order valence-corrected chi connectivity index (χ0v) is 10.4. The second-order valence-corrected chi connectivity index (χ2v) is 4.33. The normalized spacial score (nSPS) is 11.8. The molecular weight excluding hydrogens is 283 g/mol. The zero-order chi connectivity index (χ0) is 14.4. The largest absolute Gasteiger partial charge is 0.506 e. The molecule has 3 N–H and O–H groups in total. The summed E-state index contributed by atoms with van der Waals surface area (Å²) in [5.74, 6) is -0.422. The van der Waals surface area contributed by atoms with Crippen LogP contribution in [0, 0.1) is 0 Å². The third kappa shape index (κ3) is 2.46. The highest BCUT2D eigenvalue weighted by Crippen LogP contribution is 2.41. The monoisotopic (exact) mass is 291 g/mol. The van der Waals surface area contributed by atoms with Gasteiger partial charge in [0.2, 0.25) is 0 Å². The van der Waals surface area contributed by atoms with E-state index in [1.54, 1.807) is 0 Å². The molecule has 4 nitrogen and oxygen atoms in total. The average Bonchev–Trinajstić information content (AvgIpc) is 2.61. The fourth-order valence-electron chi connectivity index (χ4n) is 1.62. The van der Waals surface area contributed by atoms with Crippen molar-refractivity contribution < 1.29 is 18.3 Å². The smallest absolute Gasteiger partial charge is 0.417 e. The second kappa shape index (κ2) is 4.34. The van der Waals surface area contributed by atoms with Crippen molar-refractivity contribution >= 4 is 17.4 Å². The van der Waals surface area contributed by atoms with Crippen LogP contribution in [0.3, 0.4) is 0 Å². The first-order valence-electron chi connectivity index (χ1n) is 5.09. The number of nitrogen functional groups attached to an aromatic ring is 1. The van der Waals surface area contributed by atoms with Gasteiger partial charge in [-0.15, -0.1) is 0 Å². The van der Waals surface area contributed by atoms with Gasteiger partial charge >= 0.3 is 6.18 Å². The standard InChI is InChI=1S/C11H9ClF3N3O/c1-18-10(16)4-8(17-18)5-2-7(12)9(19)3-6(5)11(13,14)15/h2-4,19H,16H2,1H3. The van der Waals surface area contributed by atoms with E-state index in [-0.39, 0.29) is 22.1 Å². The minimum Gasteiger partial charge on any atom is -0.506 e. The quantitative estimate of drug-likeness (QED) is 0.849. The highest BCUT2D eigenvalue weighted by molar-refractivity contribution is 6.32. The lowest BCUT2D eigenvalue weighted by Crippen LogP contribution is -2.07. The molecule has 0 aliphatic carbocycles. The summed E-state index contributed by atoms with van der Waals surface area (Å²) >= 11 is 5.65. The Balaban J connectivity index is 2.71. The van der Waals surface area contributed by atoms with Crippen LogP contribution < -0.4 is 5.73 Å². The summed E-state index contributed by atoms with van der Waals surface area (Å²) in [5.41, 5.74) is 4.32. The lowest BCUT2D eigenvalue weighted by molar-refractivity contribution is -0.137. The predicted molar refractivity (Wildman–Crippen MR) is 64.7 cm³/mol. The van der Waals surface area contributed by atoms with Gasteiger partial charge in [-0.25, -0.2) is 0 Å². The van der Waals surface area contributed by atoms with Gasteiger partial charge in [0.1, 0.15) is 11.6 Å². The Morgan fingerprint density at radius 2 is 1.95 bits per heavy atom. The van der Waals surface area contributed by atoms with E-state index in [1.807, 2.05) is 0 Å². The van der Waals surface area contributed by atoms with Crippen molar-refractivity contribution in [2.45, 2.75) is 6.18 Å². The maximum Gasteiger partial charge on any atom is 0.417 e. The molecule has 1 heterocycles. The Morgan fingerprint density at radius 1 is 1.32 bits per heavy atom. The van der Waals surface area contributed by atoms with Gasteiger partial charge < -0.3 is 10.8 Å². The van der Waals surface area contributed by atoms with E-state index in [0.29, 0.717) is 6.07 Å². The number of rotatable bonds is 1. The van der Waals surface area contributed by atoms with Crippen molar-refractivity contribution in [3.8, 4) is 17.0 Å². The summed E-state index contributed by atoms with van der Waals surface area (Å²) in [5, 5.41) is 13.0. The van der Waals surface area contributed by atoms with Crippen molar-refractivity contribution in [3.05, 3.63) is 28.8 Å². The van der Waals surface area contributed by atoms with E-state index in [9.17, 15) is 18.3 Å². The molecule has 2 rings (SSSR count). The number of halogens is 4. The van der Waals surface area contributed by atoms with Gasteiger partial charge in [0, 0.05) is 18.7 Å². The van der Waals surface area contributed by atoms with E-state index in [1.165, 1.54) is 17.8 Å². The van der Waals surface area contributed by atoms with Gasteiger partial charge in [-0.1, -0.05) is 11.6 Å². The number of alkyl halides is 3. The van der Waals surface area contributed by atoms with Crippen molar-refractivity contribution in [2.75, 3.05) is 5.73 Å². The number of phenolic OH excluding ortho intramolecular Hbond substituents is 1.